The molecule has 2 aromatic carbocycles. The number of aromatic amines is 1. The number of piperidine rings is 1. The Morgan fingerprint density at radius 1 is 1.18 bits per heavy atom. The molecule has 0 saturated carbocycles. The van der Waals surface area contributed by atoms with Gasteiger partial charge in [-0.25, -0.2) is 17.8 Å². The third-order valence-corrected chi connectivity index (χ3v) is 6.77. The van der Waals surface area contributed by atoms with E-state index in [2.05, 4.69) is 20.6 Å². The Hall–Kier alpha value is -3.50. The second kappa shape index (κ2) is 9.40. The van der Waals surface area contributed by atoms with Crippen molar-refractivity contribution in [3.05, 3.63) is 77.6 Å². The highest BCUT2D eigenvalue weighted by Crippen LogP contribution is 2.40. The summed E-state index contributed by atoms with van der Waals surface area (Å²) < 4.78 is 36.0. The molecule has 1 fully saturated rings. The molecule has 0 atom stereocenters. The molecule has 3 N–H and O–H groups in total. The van der Waals surface area contributed by atoms with E-state index in [1.807, 2.05) is 23.1 Å². The zero-order chi connectivity index (χ0) is 23.7. The van der Waals surface area contributed by atoms with E-state index in [1.54, 1.807) is 24.5 Å². The second-order valence-electron chi connectivity index (χ2n) is 8.42. The van der Waals surface area contributed by atoms with Crippen LogP contribution in [0.15, 0.2) is 54.9 Å². The van der Waals surface area contributed by atoms with Gasteiger partial charge in [0.05, 0.1) is 11.4 Å². The van der Waals surface area contributed by atoms with E-state index in [0.29, 0.717) is 46.9 Å². The van der Waals surface area contributed by atoms with Crippen LogP contribution in [0.2, 0.25) is 0 Å². The average Bonchev–Trinajstić information content (AvgIpc) is 3.44. The standard InChI is InChI=1S/C24H24FN5O3S/c25-16-3-1-2-15(12-16)21(23-26-8-9-27-23)22-19-13-18(4-5-20(19)29-24(22)31)28-17-6-10-30(11-7-17)14-34(32)33/h1-5,8-9,12-13,17,28,34H,6-7,10-11,14H2,(H,26,27)(H,29,31). The lowest BCUT2D eigenvalue weighted by Crippen LogP contribution is -2.39. The van der Waals surface area contributed by atoms with Gasteiger partial charge in [-0.2, -0.15) is 0 Å². The maximum Gasteiger partial charge on any atom is 0.257 e. The molecule has 34 heavy (non-hydrogen) atoms. The van der Waals surface area contributed by atoms with Gasteiger partial charge in [-0.3, -0.25) is 9.69 Å². The highest BCUT2D eigenvalue weighted by atomic mass is 32.2. The summed E-state index contributed by atoms with van der Waals surface area (Å²) in [6.45, 7) is 1.42. The molecular weight excluding hydrogens is 457 g/mol. The van der Waals surface area contributed by atoms with Gasteiger partial charge in [0.25, 0.3) is 5.91 Å². The average molecular weight is 482 g/mol. The van der Waals surface area contributed by atoms with Crippen LogP contribution in [-0.2, 0) is 15.5 Å². The van der Waals surface area contributed by atoms with E-state index >= 15 is 0 Å². The number of anilines is 2. The molecule has 0 aliphatic carbocycles. The lowest BCUT2D eigenvalue weighted by atomic mass is 9.94. The van der Waals surface area contributed by atoms with Crippen molar-refractivity contribution in [2.45, 2.75) is 18.9 Å². The number of thiol groups is 1. The van der Waals surface area contributed by atoms with Crippen molar-refractivity contribution in [2.24, 2.45) is 0 Å². The predicted octanol–water partition coefficient (Wildman–Crippen LogP) is 2.91. The Balaban J connectivity index is 1.48. The number of benzene rings is 2. The molecular formula is C24H24FN5O3S. The first-order valence-corrected chi connectivity index (χ1v) is 12.4. The number of hydrogen-bond donors (Lipinski definition) is 4. The van der Waals surface area contributed by atoms with Gasteiger partial charge < -0.3 is 15.6 Å². The first-order valence-electron chi connectivity index (χ1n) is 11.0. The Morgan fingerprint density at radius 2 is 2.00 bits per heavy atom. The monoisotopic (exact) mass is 481 g/mol. The molecule has 0 spiro atoms. The zero-order valence-corrected chi connectivity index (χ0v) is 19.1. The molecule has 10 heteroatoms. The van der Waals surface area contributed by atoms with Crippen molar-refractivity contribution < 1.29 is 17.6 Å². The van der Waals surface area contributed by atoms with Gasteiger partial charge in [0.2, 0.25) is 0 Å². The number of hydrogen-bond acceptors (Lipinski definition) is 6. The molecule has 0 radical (unpaired) electrons. The molecule has 0 bridgehead atoms. The topological polar surface area (TPSA) is 107 Å². The Bertz CT molecular complexity index is 1320. The molecule has 176 valence electrons. The Labute approximate surface area is 197 Å². The second-order valence-corrected chi connectivity index (χ2v) is 9.37. The summed E-state index contributed by atoms with van der Waals surface area (Å²) in [5.41, 5.74) is 3.76. The van der Waals surface area contributed by atoms with Gasteiger partial charge in [0.15, 0.2) is 10.7 Å². The van der Waals surface area contributed by atoms with Gasteiger partial charge in [0.1, 0.15) is 11.6 Å². The summed E-state index contributed by atoms with van der Waals surface area (Å²) in [6.07, 6.45) is 4.90. The van der Waals surface area contributed by atoms with Crippen LogP contribution >= 0.6 is 0 Å². The van der Waals surface area contributed by atoms with Crippen LogP contribution in [-0.4, -0.2) is 54.2 Å². The minimum atomic E-state index is -2.41. The zero-order valence-electron chi connectivity index (χ0n) is 18.3. The molecule has 8 nitrogen and oxygen atoms in total. The number of amides is 1. The minimum absolute atomic E-state index is 0.0957. The molecule has 1 aromatic heterocycles. The van der Waals surface area contributed by atoms with Crippen LogP contribution < -0.4 is 10.6 Å². The quantitative estimate of drug-likeness (QED) is 0.319. The SMILES string of the molecule is O=C1Nc2ccc(NC3CCN(C[SH](=O)=O)CC3)cc2C1=C(c1cccc(F)c1)c1ncc[nH]1. The molecule has 3 heterocycles. The van der Waals surface area contributed by atoms with E-state index in [-0.39, 0.29) is 17.8 Å². The molecule has 5 rings (SSSR count). The first kappa shape index (κ1) is 22.3. The van der Waals surface area contributed by atoms with E-state index in [4.69, 9.17) is 0 Å². The summed E-state index contributed by atoms with van der Waals surface area (Å²) >= 11 is 0. The minimum Gasteiger partial charge on any atom is -0.382 e. The van der Waals surface area contributed by atoms with Gasteiger partial charge in [-0.05, 0) is 48.7 Å². The maximum atomic E-state index is 14.1. The van der Waals surface area contributed by atoms with Crippen molar-refractivity contribution in [3.63, 3.8) is 0 Å². The van der Waals surface area contributed by atoms with E-state index < -0.39 is 16.5 Å². The molecule has 1 amide bonds. The molecule has 3 aromatic rings. The first-order chi connectivity index (χ1) is 16.5. The number of H-pyrrole nitrogens is 1. The third kappa shape index (κ3) is 4.59. The summed E-state index contributed by atoms with van der Waals surface area (Å²) in [7, 11) is -2.41. The van der Waals surface area contributed by atoms with Crippen molar-refractivity contribution in [1.29, 1.82) is 0 Å². The van der Waals surface area contributed by atoms with Gasteiger partial charge >= 0.3 is 0 Å². The van der Waals surface area contributed by atoms with E-state index in [1.165, 1.54) is 12.1 Å². The number of aromatic nitrogens is 2. The van der Waals surface area contributed by atoms with Crippen LogP contribution in [0.1, 0.15) is 29.8 Å². The van der Waals surface area contributed by atoms with E-state index in [9.17, 15) is 17.6 Å². The number of halogens is 1. The normalized spacial score (nSPS) is 18.1. The summed E-state index contributed by atoms with van der Waals surface area (Å²) in [5, 5.41) is 6.42. The van der Waals surface area contributed by atoms with Gasteiger partial charge in [0, 0.05) is 54.0 Å². The number of likely N-dealkylation sites (tertiary alicyclic amines) is 1. The van der Waals surface area contributed by atoms with Crippen LogP contribution in [0.25, 0.3) is 11.1 Å². The number of rotatable bonds is 6. The maximum absolute atomic E-state index is 14.1. The number of carbonyl (C=O) groups is 1. The van der Waals surface area contributed by atoms with Crippen molar-refractivity contribution in [2.75, 3.05) is 29.6 Å². The van der Waals surface area contributed by atoms with Crippen molar-refractivity contribution >= 4 is 39.1 Å². The molecule has 1 saturated heterocycles. The van der Waals surface area contributed by atoms with Crippen molar-refractivity contribution in [3.8, 4) is 0 Å². The van der Waals surface area contributed by atoms with Gasteiger partial charge in [-0.1, -0.05) is 12.1 Å². The largest absolute Gasteiger partial charge is 0.382 e. The summed E-state index contributed by atoms with van der Waals surface area (Å²) in [5.74, 6) is -0.101. The number of imidazole rings is 1. The Morgan fingerprint density at radius 3 is 2.71 bits per heavy atom. The fourth-order valence-corrected chi connectivity index (χ4v) is 5.18. The fraction of sp³-hybridized carbons (Fsp3) is 0.250. The number of carbonyl (C=O) groups excluding carboxylic acids is 1. The predicted molar refractivity (Wildman–Crippen MR) is 129 cm³/mol. The van der Waals surface area contributed by atoms with E-state index in [0.717, 1.165) is 18.5 Å². The van der Waals surface area contributed by atoms with Crippen LogP contribution in [0.3, 0.4) is 0 Å². The number of nitrogens with zero attached hydrogens (tertiary/aromatic N) is 2. The molecule has 2 aliphatic rings. The third-order valence-electron chi connectivity index (χ3n) is 6.14. The highest BCUT2D eigenvalue weighted by molar-refractivity contribution is 7.72. The van der Waals surface area contributed by atoms with Crippen LogP contribution in [0.4, 0.5) is 15.8 Å². The Kier molecular flexibility index (Phi) is 6.16. The van der Waals surface area contributed by atoms with Crippen LogP contribution in [0.5, 0.6) is 0 Å². The van der Waals surface area contributed by atoms with Crippen LogP contribution in [0, 0.1) is 5.82 Å². The van der Waals surface area contributed by atoms with Crippen molar-refractivity contribution in [1.82, 2.24) is 14.9 Å². The summed E-state index contributed by atoms with van der Waals surface area (Å²) in [6, 6.07) is 12.0. The van der Waals surface area contributed by atoms with Gasteiger partial charge in [-0.15, -0.1) is 0 Å². The molecule has 0 unspecified atom stereocenters. The fourth-order valence-electron chi connectivity index (χ4n) is 4.57. The smallest absolute Gasteiger partial charge is 0.257 e. The summed E-state index contributed by atoms with van der Waals surface area (Å²) in [4.78, 5) is 22.4. The number of nitrogens with one attached hydrogen (secondary N) is 3. The lowest BCUT2D eigenvalue weighted by molar-refractivity contribution is -0.110. The number of fused-ring (bicyclic) bond motifs is 1. The highest BCUT2D eigenvalue weighted by Gasteiger charge is 2.30. The molecule has 2 aliphatic heterocycles. The lowest BCUT2D eigenvalue weighted by Gasteiger charge is -2.31.